The van der Waals surface area contributed by atoms with Crippen LogP contribution >= 0.6 is 0 Å². The molecule has 0 saturated heterocycles. The Hall–Kier alpha value is -2.54. The predicted molar refractivity (Wildman–Crippen MR) is 73.3 cm³/mol. The lowest BCUT2D eigenvalue weighted by molar-refractivity contribution is 0.211. The second-order valence-electron chi connectivity index (χ2n) is 4.19. The van der Waals surface area contributed by atoms with Crippen molar-refractivity contribution in [2.24, 2.45) is 0 Å². The number of aryl methyl sites for hydroxylation is 1. The molecule has 0 unspecified atom stereocenters. The number of halogens is 1. The quantitative estimate of drug-likeness (QED) is 0.782. The van der Waals surface area contributed by atoms with Gasteiger partial charge in [0.25, 0.3) is 0 Å². The molecule has 2 aromatic carbocycles. The predicted octanol–water partition coefficient (Wildman–Crippen LogP) is 3.46. The van der Waals surface area contributed by atoms with E-state index in [1.54, 1.807) is 49.4 Å². The number of para-hydroxylation sites is 1. The highest BCUT2D eigenvalue weighted by molar-refractivity contribution is 5.42. The topological polar surface area (TPSA) is 42.2 Å². The SMILES string of the molecule is Cc1cccc(OCCOc2ccccc2C#N)c1F. The minimum atomic E-state index is -0.357. The lowest BCUT2D eigenvalue weighted by Gasteiger charge is -2.10. The Balaban J connectivity index is 1.88. The second kappa shape index (κ2) is 6.58. The van der Waals surface area contributed by atoms with Crippen LogP contribution in [0.4, 0.5) is 4.39 Å². The van der Waals surface area contributed by atoms with Gasteiger partial charge in [0.2, 0.25) is 0 Å². The fourth-order valence-electron chi connectivity index (χ4n) is 1.72. The van der Waals surface area contributed by atoms with Crippen LogP contribution in [0.15, 0.2) is 42.5 Å². The van der Waals surface area contributed by atoms with E-state index in [4.69, 9.17) is 14.7 Å². The zero-order chi connectivity index (χ0) is 14.4. The third-order valence-corrected chi connectivity index (χ3v) is 2.76. The molecular weight excluding hydrogens is 257 g/mol. The van der Waals surface area contributed by atoms with Crippen LogP contribution in [0.25, 0.3) is 0 Å². The fraction of sp³-hybridized carbons (Fsp3) is 0.188. The van der Waals surface area contributed by atoms with Crippen molar-refractivity contribution in [1.29, 1.82) is 5.26 Å². The van der Waals surface area contributed by atoms with Gasteiger partial charge in [0, 0.05) is 0 Å². The van der Waals surface area contributed by atoms with Gasteiger partial charge in [0.15, 0.2) is 11.6 Å². The van der Waals surface area contributed by atoms with Crippen molar-refractivity contribution in [1.82, 2.24) is 0 Å². The first kappa shape index (κ1) is 13.9. The van der Waals surface area contributed by atoms with Gasteiger partial charge in [-0.3, -0.25) is 0 Å². The maximum absolute atomic E-state index is 13.7. The molecule has 0 aliphatic carbocycles. The van der Waals surface area contributed by atoms with Crippen LogP contribution in [0, 0.1) is 24.1 Å². The summed E-state index contributed by atoms with van der Waals surface area (Å²) in [4.78, 5) is 0. The summed E-state index contributed by atoms with van der Waals surface area (Å²) in [6.07, 6.45) is 0. The molecule has 0 aliphatic heterocycles. The smallest absolute Gasteiger partial charge is 0.167 e. The molecule has 0 heterocycles. The van der Waals surface area contributed by atoms with Crippen LogP contribution < -0.4 is 9.47 Å². The second-order valence-corrected chi connectivity index (χ2v) is 4.19. The van der Waals surface area contributed by atoms with E-state index in [9.17, 15) is 4.39 Å². The van der Waals surface area contributed by atoms with Gasteiger partial charge in [-0.2, -0.15) is 5.26 Å². The number of hydrogen-bond acceptors (Lipinski definition) is 3. The van der Waals surface area contributed by atoms with E-state index < -0.39 is 0 Å². The molecule has 0 bridgehead atoms. The van der Waals surface area contributed by atoms with Gasteiger partial charge in [0.05, 0.1) is 5.56 Å². The Morgan fingerprint density at radius 3 is 2.40 bits per heavy atom. The Morgan fingerprint density at radius 2 is 1.65 bits per heavy atom. The van der Waals surface area contributed by atoms with Gasteiger partial charge in [0.1, 0.15) is 25.0 Å². The van der Waals surface area contributed by atoms with Gasteiger partial charge in [-0.05, 0) is 30.7 Å². The monoisotopic (exact) mass is 271 g/mol. The molecule has 0 N–H and O–H groups in total. The van der Waals surface area contributed by atoms with Crippen LogP contribution in [0.2, 0.25) is 0 Å². The number of hydrogen-bond donors (Lipinski definition) is 0. The standard InChI is InChI=1S/C16H14FNO2/c1-12-5-4-8-15(16(12)17)20-10-9-19-14-7-3-2-6-13(14)11-18/h2-8H,9-10H2,1H3. The Kier molecular flexibility index (Phi) is 4.56. The Bertz CT molecular complexity index is 635. The van der Waals surface area contributed by atoms with Crippen molar-refractivity contribution in [2.75, 3.05) is 13.2 Å². The van der Waals surface area contributed by atoms with E-state index >= 15 is 0 Å². The molecule has 3 nitrogen and oxygen atoms in total. The Labute approximate surface area is 117 Å². The van der Waals surface area contributed by atoms with Crippen LogP contribution in [-0.2, 0) is 0 Å². The van der Waals surface area contributed by atoms with Crippen molar-refractivity contribution < 1.29 is 13.9 Å². The van der Waals surface area contributed by atoms with Crippen molar-refractivity contribution >= 4 is 0 Å². The first-order chi connectivity index (χ1) is 9.72. The van der Waals surface area contributed by atoms with Gasteiger partial charge >= 0.3 is 0 Å². The minimum Gasteiger partial charge on any atom is -0.489 e. The molecule has 0 saturated carbocycles. The van der Waals surface area contributed by atoms with E-state index in [-0.39, 0.29) is 24.8 Å². The zero-order valence-corrected chi connectivity index (χ0v) is 11.1. The van der Waals surface area contributed by atoms with Crippen molar-refractivity contribution in [2.45, 2.75) is 6.92 Å². The van der Waals surface area contributed by atoms with Crippen LogP contribution in [-0.4, -0.2) is 13.2 Å². The zero-order valence-electron chi connectivity index (χ0n) is 11.1. The van der Waals surface area contributed by atoms with Gasteiger partial charge < -0.3 is 9.47 Å². The highest BCUT2D eigenvalue weighted by atomic mass is 19.1. The molecule has 0 fully saturated rings. The van der Waals surface area contributed by atoms with Crippen molar-refractivity contribution in [3.63, 3.8) is 0 Å². The van der Waals surface area contributed by atoms with E-state index in [2.05, 4.69) is 0 Å². The summed E-state index contributed by atoms with van der Waals surface area (Å²) >= 11 is 0. The molecule has 0 radical (unpaired) electrons. The largest absolute Gasteiger partial charge is 0.489 e. The normalized spacial score (nSPS) is 9.85. The maximum Gasteiger partial charge on any atom is 0.167 e. The number of rotatable bonds is 5. The first-order valence-corrected chi connectivity index (χ1v) is 6.22. The lowest BCUT2D eigenvalue weighted by Crippen LogP contribution is -2.10. The van der Waals surface area contributed by atoms with Crippen molar-refractivity contribution in [3.05, 3.63) is 59.4 Å². The highest BCUT2D eigenvalue weighted by Crippen LogP contribution is 2.20. The average Bonchev–Trinajstić information content (AvgIpc) is 2.48. The van der Waals surface area contributed by atoms with Crippen LogP contribution in [0.5, 0.6) is 11.5 Å². The summed E-state index contributed by atoms with van der Waals surface area (Å²) in [6.45, 7) is 2.13. The third kappa shape index (κ3) is 3.27. The molecule has 0 amide bonds. The summed E-state index contributed by atoms with van der Waals surface area (Å²) in [6, 6.07) is 14.0. The molecule has 102 valence electrons. The molecule has 0 aliphatic rings. The summed E-state index contributed by atoms with van der Waals surface area (Å²) in [5.74, 6) is 0.357. The number of nitrogens with zero attached hydrogens (tertiary/aromatic N) is 1. The third-order valence-electron chi connectivity index (χ3n) is 2.76. The summed E-state index contributed by atoms with van der Waals surface area (Å²) in [5.41, 5.74) is 1.01. The lowest BCUT2D eigenvalue weighted by atomic mass is 10.2. The molecule has 0 atom stereocenters. The van der Waals surface area contributed by atoms with E-state index in [0.717, 1.165) is 0 Å². The first-order valence-electron chi connectivity index (χ1n) is 6.22. The van der Waals surface area contributed by atoms with Gasteiger partial charge in [-0.1, -0.05) is 24.3 Å². The molecule has 4 heteroatoms. The molecule has 2 rings (SSSR count). The molecule has 2 aromatic rings. The van der Waals surface area contributed by atoms with Gasteiger partial charge in [-0.15, -0.1) is 0 Å². The summed E-state index contributed by atoms with van der Waals surface area (Å²) < 4.78 is 24.4. The fourth-order valence-corrected chi connectivity index (χ4v) is 1.72. The molecule has 0 aromatic heterocycles. The van der Waals surface area contributed by atoms with Gasteiger partial charge in [-0.25, -0.2) is 4.39 Å². The molecule has 20 heavy (non-hydrogen) atoms. The van der Waals surface area contributed by atoms with Crippen LogP contribution in [0.3, 0.4) is 0 Å². The maximum atomic E-state index is 13.7. The summed E-state index contributed by atoms with van der Waals surface area (Å²) in [7, 11) is 0. The number of nitriles is 1. The number of ether oxygens (including phenoxy) is 2. The Morgan fingerprint density at radius 1 is 1.00 bits per heavy atom. The minimum absolute atomic E-state index is 0.208. The molecular formula is C16H14FNO2. The number of benzene rings is 2. The van der Waals surface area contributed by atoms with Crippen molar-refractivity contribution in [3.8, 4) is 17.6 Å². The van der Waals surface area contributed by atoms with E-state index in [0.29, 0.717) is 16.9 Å². The summed E-state index contributed by atoms with van der Waals surface area (Å²) in [5, 5.41) is 8.91. The average molecular weight is 271 g/mol. The molecule has 0 spiro atoms. The van der Waals surface area contributed by atoms with Crippen LogP contribution in [0.1, 0.15) is 11.1 Å². The van der Waals surface area contributed by atoms with E-state index in [1.165, 1.54) is 0 Å². The van der Waals surface area contributed by atoms with E-state index in [1.807, 2.05) is 6.07 Å². The highest BCUT2D eigenvalue weighted by Gasteiger charge is 2.06.